The van der Waals surface area contributed by atoms with Crippen molar-refractivity contribution in [1.29, 1.82) is 0 Å². The Balaban J connectivity index is 2.48. The van der Waals surface area contributed by atoms with E-state index in [2.05, 4.69) is 6.58 Å². The van der Waals surface area contributed by atoms with Gasteiger partial charge in [0, 0.05) is 12.0 Å². The predicted molar refractivity (Wildman–Crippen MR) is 75.4 cm³/mol. The highest BCUT2D eigenvalue weighted by molar-refractivity contribution is 6.09. The van der Waals surface area contributed by atoms with E-state index in [0.717, 1.165) is 16.7 Å². The zero-order valence-corrected chi connectivity index (χ0v) is 11.9. The van der Waals surface area contributed by atoms with E-state index in [1.807, 2.05) is 20.8 Å². The van der Waals surface area contributed by atoms with E-state index in [9.17, 15) is 9.59 Å². The highest BCUT2D eigenvalue weighted by atomic mass is 16.5. The molecule has 4 heteroatoms. The van der Waals surface area contributed by atoms with Crippen LogP contribution in [0.2, 0.25) is 0 Å². The first-order valence-electron chi connectivity index (χ1n) is 6.61. The summed E-state index contributed by atoms with van der Waals surface area (Å²) in [6, 6.07) is 1.75. The average Bonchev–Trinajstić information content (AvgIpc) is 2.85. The van der Waals surface area contributed by atoms with E-state index in [1.54, 1.807) is 6.07 Å². The molecule has 4 nitrogen and oxygen atoms in total. The van der Waals surface area contributed by atoms with Crippen LogP contribution < -0.4 is 4.74 Å². The second-order valence-electron chi connectivity index (χ2n) is 5.10. The third kappa shape index (κ3) is 2.22. The van der Waals surface area contributed by atoms with Crippen LogP contribution in [-0.4, -0.2) is 23.0 Å². The Labute approximate surface area is 118 Å². The van der Waals surface area contributed by atoms with Gasteiger partial charge in [-0.15, -0.1) is 0 Å². The zero-order chi connectivity index (χ0) is 15.0. The molecule has 1 aliphatic rings. The monoisotopic (exact) mass is 274 g/mol. The van der Waals surface area contributed by atoms with Crippen molar-refractivity contribution in [3.05, 3.63) is 40.5 Å². The maximum Gasteiger partial charge on any atom is 0.345 e. The van der Waals surface area contributed by atoms with E-state index in [-0.39, 0.29) is 5.78 Å². The number of carbonyl (C=O) groups excluding carboxylic acids is 1. The highest BCUT2D eigenvalue weighted by Gasteiger charge is 2.32. The van der Waals surface area contributed by atoms with Crippen molar-refractivity contribution >= 4 is 11.8 Å². The van der Waals surface area contributed by atoms with Crippen molar-refractivity contribution in [2.45, 2.75) is 39.7 Å². The smallest absolute Gasteiger partial charge is 0.345 e. The summed E-state index contributed by atoms with van der Waals surface area (Å²) in [5, 5.41) is 9.04. The molecule has 1 N–H and O–H groups in total. The van der Waals surface area contributed by atoms with Crippen LogP contribution in [0, 0.1) is 13.8 Å². The fraction of sp³-hybridized carbons (Fsp3) is 0.375. The molecule has 0 radical (unpaired) electrons. The van der Waals surface area contributed by atoms with Gasteiger partial charge in [0.2, 0.25) is 0 Å². The Hall–Kier alpha value is -2.10. The number of carboxylic acids is 1. The lowest BCUT2D eigenvalue weighted by Crippen LogP contribution is -2.24. The first kappa shape index (κ1) is 14.3. The van der Waals surface area contributed by atoms with Crippen molar-refractivity contribution < 1.29 is 19.4 Å². The fourth-order valence-electron chi connectivity index (χ4n) is 2.39. The molecule has 2 rings (SSSR count). The van der Waals surface area contributed by atoms with Gasteiger partial charge in [0.1, 0.15) is 5.75 Å². The molecule has 1 aromatic rings. The molecule has 1 aliphatic heterocycles. The molecule has 0 bridgehead atoms. The van der Waals surface area contributed by atoms with E-state index in [1.165, 1.54) is 0 Å². The summed E-state index contributed by atoms with van der Waals surface area (Å²) in [6.07, 6.45) is 0.0377. The van der Waals surface area contributed by atoms with Crippen molar-refractivity contribution in [3.8, 4) is 5.75 Å². The number of carboxylic acid groups (broad SMARTS) is 1. The first-order chi connectivity index (χ1) is 9.36. The molecule has 0 saturated heterocycles. The van der Waals surface area contributed by atoms with Crippen LogP contribution in [0.15, 0.2) is 18.2 Å². The van der Waals surface area contributed by atoms with E-state index in [0.29, 0.717) is 29.7 Å². The summed E-state index contributed by atoms with van der Waals surface area (Å²) in [4.78, 5) is 23.3. The Morgan fingerprint density at radius 2 is 2.05 bits per heavy atom. The lowest BCUT2D eigenvalue weighted by atomic mass is 9.92. The van der Waals surface area contributed by atoms with Crippen LogP contribution in [0.1, 0.15) is 40.4 Å². The topological polar surface area (TPSA) is 63.6 Å². The van der Waals surface area contributed by atoms with Crippen molar-refractivity contribution in [2.75, 3.05) is 0 Å². The number of fused-ring (bicyclic) bond motifs is 1. The molecule has 0 spiro atoms. The van der Waals surface area contributed by atoms with Gasteiger partial charge in [-0.3, -0.25) is 4.79 Å². The summed E-state index contributed by atoms with van der Waals surface area (Å²) >= 11 is 0. The molecule has 106 valence electrons. The minimum atomic E-state index is -0.982. The summed E-state index contributed by atoms with van der Waals surface area (Å²) < 4.78 is 5.47. The van der Waals surface area contributed by atoms with Gasteiger partial charge in [-0.1, -0.05) is 13.5 Å². The number of hydrogen-bond donors (Lipinski definition) is 1. The maximum absolute atomic E-state index is 12.3. The molecule has 1 atom stereocenters. The third-order valence-corrected chi connectivity index (χ3v) is 3.85. The molecular formula is C16H18O4. The second-order valence-corrected chi connectivity index (χ2v) is 5.10. The number of aliphatic carboxylic acids is 1. The van der Waals surface area contributed by atoms with Crippen LogP contribution in [0.25, 0.3) is 0 Å². The molecule has 0 fully saturated rings. The lowest BCUT2D eigenvalue weighted by Gasteiger charge is -2.13. The predicted octanol–water partition coefficient (Wildman–Crippen LogP) is 2.84. The number of allylic oxidation sites excluding steroid dienone is 1. The third-order valence-electron chi connectivity index (χ3n) is 3.85. The molecule has 0 amide bonds. The molecule has 1 heterocycles. The summed E-state index contributed by atoms with van der Waals surface area (Å²) in [5.74, 6) is -0.452. The van der Waals surface area contributed by atoms with Crippen LogP contribution in [-0.2, 0) is 11.2 Å². The van der Waals surface area contributed by atoms with Crippen molar-refractivity contribution in [1.82, 2.24) is 0 Å². The minimum Gasteiger partial charge on any atom is -0.478 e. The van der Waals surface area contributed by atoms with Crippen LogP contribution in [0.4, 0.5) is 0 Å². The van der Waals surface area contributed by atoms with E-state index in [4.69, 9.17) is 9.84 Å². The van der Waals surface area contributed by atoms with Gasteiger partial charge in [0.15, 0.2) is 11.9 Å². The minimum absolute atomic E-state index is 0.0744. The van der Waals surface area contributed by atoms with E-state index < -0.39 is 12.1 Å². The van der Waals surface area contributed by atoms with Gasteiger partial charge >= 0.3 is 5.97 Å². The number of hydrogen-bond acceptors (Lipinski definition) is 3. The van der Waals surface area contributed by atoms with Gasteiger partial charge in [0.05, 0.1) is 0 Å². The zero-order valence-electron chi connectivity index (χ0n) is 11.9. The Kier molecular flexibility index (Phi) is 3.66. The van der Waals surface area contributed by atoms with Crippen molar-refractivity contribution in [3.63, 3.8) is 0 Å². The standard InChI is InChI=1S/C16H18O4/c1-5-8(2)14(17)12-6-11-7-13(16(18)19)20-15(11)10(4)9(12)3/h6,13H,2,5,7H2,1,3-4H3,(H,18,19). The molecular weight excluding hydrogens is 256 g/mol. The quantitative estimate of drug-likeness (QED) is 0.677. The van der Waals surface area contributed by atoms with Gasteiger partial charge < -0.3 is 9.84 Å². The number of ketones is 1. The van der Waals surface area contributed by atoms with Crippen LogP contribution in [0.5, 0.6) is 5.75 Å². The number of benzene rings is 1. The number of rotatable bonds is 4. The SMILES string of the molecule is C=C(CC)C(=O)c1cc2c(c(C)c1C)OC(C(=O)O)C2. The maximum atomic E-state index is 12.3. The molecule has 1 unspecified atom stereocenters. The normalized spacial score (nSPS) is 16.4. The average molecular weight is 274 g/mol. The van der Waals surface area contributed by atoms with Gasteiger partial charge in [-0.2, -0.15) is 0 Å². The lowest BCUT2D eigenvalue weighted by molar-refractivity contribution is -0.144. The fourth-order valence-corrected chi connectivity index (χ4v) is 2.39. The number of carbonyl (C=O) groups is 2. The highest BCUT2D eigenvalue weighted by Crippen LogP contribution is 2.36. The van der Waals surface area contributed by atoms with Gasteiger partial charge in [0.25, 0.3) is 0 Å². The molecule has 1 aromatic carbocycles. The molecule has 0 aliphatic carbocycles. The largest absolute Gasteiger partial charge is 0.478 e. The summed E-state index contributed by atoms with van der Waals surface area (Å²) in [5.41, 5.74) is 3.60. The first-order valence-corrected chi connectivity index (χ1v) is 6.61. The van der Waals surface area contributed by atoms with Gasteiger partial charge in [-0.05, 0) is 48.6 Å². The Morgan fingerprint density at radius 1 is 1.40 bits per heavy atom. The number of ether oxygens (including phenoxy) is 1. The second kappa shape index (κ2) is 5.12. The summed E-state index contributed by atoms with van der Waals surface area (Å²) in [7, 11) is 0. The Bertz CT molecular complexity index is 613. The summed E-state index contributed by atoms with van der Waals surface area (Å²) in [6.45, 7) is 9.37. The van der Waals surface area contributed by atoms with Crippen LogP contribution >= 0.6 is 0 Å². The van der Waals surface area contributed by atoms with E-state index >= 15 is 0 Å². The van der Waals surface area contributed by atoms with Crippen molar-refractivity contribution in [2.24, 2.45) is 0 Å². The molecule has 0 aromatic heterocycles. The number of Topliss-reactive ketones (excluding diaryl/α,β-unsaturated/α-hetero) is 1. The van der Waals surface area contributed by atoms with Gasteiger partial charge in [-0.25, -0.2) is 4.79 Å². The molecule has 20 heavy (non-hydrogen) atoms. The van der Waals surface area contributed by atoms with Crippen LogP contribution in [0.3, 0.4) is 0 Å². The Morgan fingerprint density at radius 3 is 2.60 bits per heavy atom. The molecule has 0 saturated carbocycles.